The monoisotopic (exact) mass is 866 g/mol. The number of ketones is 1. The van der Waals surface area contributed by atoms with Crippen LogP contribution in [0, 0.1) is 17.3 Å². The summed E-state index contributed by atoms with van der Waals surface area (Å²) in [5, 5.41) is 8.15. The second kappa shape index (κ2) is 19.3. The number of nitrogens with two attached hydrogens (primary N) is 1. The van der Waals surface area contributed by atoms with E-state index in [0.717, 1.165) is 38.5 Å². The molecule has 2 saturated carbocycles. The molecule has 1 aromatic carbocycles. The number of nitrogens with zero attached hydrogens (tertiary/aromatic N) is 4. The summed E-state index contributed by atoms with van der Waals surface area (Å²) in [5.41, 5.74) is 0.788. The molecule has 1 unspecified atom stereocenters. The summed E-state index contributed by atoms with van der Waals surface area (Å²) in [5.74, 6) is -5.54. The van der Waals surface area contributed by atoms with Gasteiger partial charge in [0.1, 0.15) is 23.8 Å². The van der Waals surface area contributed by atoms with E-state index < -0.39 is 107 Å². The van der Waals surface area contributed by atoms with Gasteiger partial charge in [-0.15, -0.1) is 0 Å². The smallest absolute Gasteiger partial charge is 0.363 e. The number of alkyl halides is 6. The van der Waals surface area contributed by atoms with Gasteiger partial charge >= 0.3 is 12.4 Å². The zero-order chi connectivity index (χ0) is 44.9. The number of carbonyl (C=O) groups is 6. The zero-order valence-electron chi connectivity index (χ0n) is 34.2. The summed E-state index contributed by atoms with van der Waals surface area (Å²) in [7, 11) is 0. The molecule has 1 aromatic heterocycles. The molecule has 3 aliphatic rings. The van der Waals surface area contributed by atoms with Crippen LogP contribution in [0.25, 0.3) is 0 Å². The zero-order valence-corrected chi connectivity index (χ0v) is 34.2. The van der Waals surface area contributed by atoms with E-state index >= 15 is 0 Å². The Bertz CT molecular complexity index is 1900. The summed E-state index contributed by atoms with van der Waals surface area (Å²) in [6.45, 7) is 3.61. The predicted octanol–water partition coefficient (Wildman–Crippen LogP) is 4.17. The molecule has 5 N–H and O–H groups in total. The molecule has 0 radical (unpaired) electrons. The third kappa shape index (κ3) is 12.3. The number of rotatable bonds is 14. The second-order valence-electron chi connectivity index (χ2n) is 17.3. The summed E-state index contributed by atoms with van der Waals surface area (Å²) >= 11 is 0. The lowest BCUT2D eigenvalue weighted by Gasteiger charge is -2.44. The Labute approximate surface area is 349 Å². The summed E-state index contributed by atoms with van der Waals surface area (Å²) in [4.78, 5) is 91.6. The van der Waals surface area contributed by atoms with Gasteiger partial charge in [0.2, 0.25) is 23.5 Å². The number of nitrogens with one attached hydrogen (secondary N) is 3. The van der Waals surface area contributed by atoms with Gasteiger partial charge in [-0.05, 0) is 60.3 Å². The maximum atomic E-state index is 14.6. The van der Waals surface area contributed by atoms with E-state index in [9.17, 15) is 55.1 Å². The molecule has 5 amide bonds. The molecule has 2 heterocycles. The first kappa shape index (κ1) is 46.9. The van der Waals surface area contributed by atoms with Crippen molar-refractivity contribution in [2.75, 3.05) is 19.6 Å². The maximum absolute atomic E-state index is 14.6. The molecule has 0 spiro atoms. The van der Waals surface area contributed by atoms with Crippen LogP contribution in [-0.4, -0.2) is 98.9 Å². The van der Waals surface area contributed by atoms with Gasteiger partial charge < -0.3 is 26.6 Å². The normalized spacial score (nSPS) is 19.8. The number of halogens is 6. The molecule has 0 bridgehead atoms. The van der Waals surface area contributed by atoms with E-state index in [1.165, 1.54) is 28.4 Å². The maximum Gasteiger partial charge on any atom is 0.416 e. The van der Waals surface area contributed by atoms with E-state index in [-0.39, 0.29) is 43.1 Å². The van der Waals surface area contributed by atoms with Gasteiger partial charge in [0, 0.05) is 38.6 Å². The number of hydrogen-bond acceptors (Lipinski definition) is 9. The van der Waals surface area contributed by atoms with Crippen molar-refractivity contribution in [2.45, 2.75) is 122 Å². The fourth-order valence-electron chi connectivity index (χ4n) is 8.10. The fraction of sp³-hybridized carbons (Fsp3) is 0.610. The van der Waals surface area contributed by atoms with Crippen molar-refractivity contribution in [3.63, 3.8) is 0 Å². The van der Waals surface area contributed by atoms with Gasteiger partial charge in [-0.1, -0.05) is 59.3 Å². The first-order valence-corrected chi connectivity index (χ1v) is 20.4. The average molecular weight is 867 g/mol. The molecule has 61 heavy (non-hydrogen) atoms. The first-order valence-electron chi connectivity index (χ1n) is 20.4. The van der Waals surface area contributed by atoms with Gasteiger partial charge in [-0.3, -0.25) is 38.7 Å². The lowest BCUT2D eigenvalue weighted by Crippen LogP contribution is -2.65. The Morgan fingerprint density at radius 2 is 1.46 bits per heavy atom. The predicted molar refractivity (Wildman–Crippen MR) is 207 cm³/mol. The molecule has 5 rings (SSSR count). The summed E-state index contributed by atoms with van der Waals surface area (Å²) in [6, 6.07) is -4.05. The molecule has 2 aromatic rings. The number of piperazine rings is 1. The van der Waals surface area contributed by atoms with Gasteiger partial charge in [0.05, 0.1) is 23.4 Å². The Kier molecular flexibility index (Phi) is 14.8. The van der Waals surface area contributed by atoms with Crippen molar-refractivity contribution in [3.8, 4) is 0 Å². The van der Waals surface area contributed by atoms with Gasteiger partial charge in [-0.2, -0.15) is 26.3 Å². The Morgan fingerprint density at radius 3 is 1.98 bits per heavy atom. The molecule has 334 valence electrons. The molecular weight excluding hydrogens is 814 g/mol. The quantitative estimate of drug-likeness (QED) is 0.159. The number of amides is 5. The van der Waals surface area contributed by atoms with E-state index in [1.807, 2.05) is 0 Å². The van der Waals surface area contributed by atoms with Crippen molar-refractivity contribution < 1.29 is 55.1 Å². The number of primary amides is 1. The third-order valence-electron chi connectivity index (χ3n) is 11.7. The molecule has 20 heteroatoms. The molecule has 2 aliphatic carbocycles. The minimum Gasteiger partial charge on any atom is -0.363 e. The number of carbonyl (C=O) groups excluding carboxylic acids is 6. The van der Waals surface area contributed by atoms with Gasteiger partial charge in [-0.25, -0.2) is 4.98 Å². The van der Waals surface area contributed by atoms with Crippen LogP contribution in [0.15, 0.2) is 36.8 Å². The average Bonchev–Trinajstić information content (AvgIpc) is 3.18. The minimum atomic E-state index is -5.14. The van der Waals surface area contributed by atoms with Crippen LogP contribution >= 0.6 is 0 Å². The van der Waals surface area contributed by atoms with Crippen LogP contribution in [0.2, 0.25) is 0 Å². The number of benzene rings is 1. The SMILES string of the molecule is CC(C)(C)[C@H](NC(=O)[C@@H](NC(=O)c1cnccn1)C1CCCCC1)C(=O)N1CCN(Cc2cc(C(F)(F)F)cc(C(F)(F)F)c2)[C@@H](C(=O)NC(CC2CCC2)C(=O)C(N)=O)C1. The topological polar surface area (TPSA) is 197 Å². The van der Waals surface area contributed by atoms with E-state index in [0.29, 0.717) is 25.0 Å². The molecule has 3 fully saturated rings. The van der Waals surface area contributed by atoms with Crippen LogP contribution in [0.5, 0.6) is 0 Å². The van der Waals surface area contributed by atoms with Crippen molar-refractivity contribution in [1.29, 1.82) is 0 Å². The van der Waals surface area contributed by atoms with Crippen LogP contribution in [-0.2, 0) is 42.9 Å². The standard InChI is InChI=1S/C41H52F6N8O6/c1-39(2,3)33(53-37(60)31(25-10-5-4-6-11-25)52-35(58)29-20-49-12-13-50-29)38(61)55-15-14-54(21-24-16-26(40(42,43)44)19-27(17-24)41(45,46)47)30(22-55)36(59)51-28(32(56)34(48)57)18-23-8-7-9-23/h12-13,16-17,19-20,23,25,28,30-31,33H,4-11,14-15,18,21-22H2,1-3H3,(H2,48,57)(H,51,59)(H,52,58)(H,53,60)/t28?,30-,31+,33-/m1/s1. The van der Waals surface area contributed by atoms with E-state index in [1.54, 1.807) is 20.8 Å². The highest BCUT2D eigenvalue weighted by Crippen LogP contribution is 2.37. The van der Waals surface area contributed by atoms with E-state index in [2.05, 4.69) is 25.9 Å². The lowest BCUT2D eigenvalue weighted by atomic mass is 9.80. The van der Waals surface area contributed by atoms with Crippen LogP contribution in [0.3, 0.4) is 0 Å². The Hall–Kier alpha value is -5.14. The second-order valence-corrected chi connectivity index (χ2v) is 17.3. The van der Waals surface area contributed by atoms with Crippen molar-refractivity contribution in [3.05, 3.63) is 59.2 Å². The summed E-state index contributed by atoms with van der Waals surface area (Å²) in [6.07, 6.45) is -0.102. The molecular formula is C41H52F6N8O6. The van der Waals surface area contributed by atoms with E-state index in [4.69, 9.17) is 5.73 Å². The highest BCUT2D eigenvalue weighted by atomic mass is 19.4. The number of hydrogen-bond donors (Lipinski definition) is 4. The Morgan fingerprint density at radius 1 is 0.820 bits per heavy atom. The number of aromatic nitrogens is 2. The largest absolute Gasteiger partial charge is 0.416 e. The molecule has 1 saturated heterocycles. The molecule has 1 aliphatic heterocycles. The minimum absolute atomic E-state index is 0.00820. The van der Waals surface area contributed by atoms with Crippen LogP contribution in [0.1, 0.15) is 106 Å². The van der Waals surface area contributed by atoms with Crippen molar-refractivity contribution >= 4 is 35.3 Å². The third-order valence-corrected chi connectivity index (χ3v) is 11.7. The fourth-order valence-corrected chi connectivity index (χ4v) is 8.10. The lowest BCUT2D eigenvalue weighted by molar-refractivity contribution is -0.146. The first-order chi connectivity index (χ1) is 28.5. The van der Waals surface area contributed by atoms with Crippen molar-refractivity contribution in [2.24, 2.45) is 23.0 Å². The van der Waals surface area contributed by atoms with Crippen LogP contribution in [0.4, 0.5) is 26.3 Å². The summed E-state index contributed by atoms with van der Waals surface area (Å²) < 4.78 is 83.0. The highest BCUT2D eigenvalue weighted by molar-refractivity contribution is 6.37. The van der Waals surface area contributed by atoms with Crippen molar-refractivity contribution in [1.82, 2.24) is 35.7 Å². The van der Waals surface area contributed by atoms with Gasteiger partial charge in [0.25, 0.3) is 11.8 Å². The highest BCUT2D eigenvalue weighted by Gasteiger charge is 2.44. The van der Waals surface area contributed by atoms with Crippen LogP contribution < -0.4 is 21.7 Å². The Balaban J connectivity index is 1.44. The van der Waals surface area contributed by atoms with Gasteiger partial charge in [0.15, 0.2) is 0 Å². The molecule has 4 atom stereocenters. The number of Topliss-reactive ketones (excluding diaryl/α,β-unsaturated/α-hetero) is 1. The molecule has 14 nitrogen and oxygen atoms in total.